The lowest BCUT2D eigenvalue weighted by Crippen LogP contribution is -2.32. The van der Waals surface area contributed by atoms with Crippen LogP contribution in [0.15, 0.2) is 88.3 Å². The molecule has 0 saturated heterocycles. The quantitative estimate of drug-likeness (QED) is 0.460. The van der Waals surface area contributed by atoms with Crippen molar-refractivity contribution < 1.29 is 9.59 Å². The van der Waals surface area contributed by atoms with Gasteiger partial charge in [-0.25, -0.2) is 4.90 Å². The first-order chi connectivity index (χ1) is 14.4. The largest absolute Gasteiger partial charge is 0.350 e. The van der Waals surface area contributed by atoms with Crippen LogP contribution >= 0.6 is 35.0 Å². The van der Waals surface area contributed by atoms with Crippen LogP contribution in [0.4, 0.5) is 11.4 Å². The number of carbonyl (C=O) groups excluding carboxylic acids is 2. The maximum atomic E-state index is 13.3. The summed E-state index contributed by atoms with van der Waals surface area (Å²) < 4.78 is 0. The van der Waals surface area contributed by atoms with Crippen molar-refractivity contribution in [1.29, 1.82) is 0 Å². The first kappa shape index (κ1) is 20.5. The molecule has 0 saturated carbocycles. The lowest BCUT2D eigenvalue weighted by atomic mass is 10.2. The number of aryl methyl sites for hydroxylation is 1. The number of rotatable bonds is 5. The molecule has 30 heavy (non-hydrogen) atoms. The van der Waals surface area contributed by atoms with Gasteiger partial charge in [-0.2, -0.15) is 0 Å². The van der Waals surface area contributed by atoms with Crippen LogP contribution in [0.2, 0.25) is 10.0 Å². The van der Waals surface area contributed by atoms with E-state index in [-0.39, 0.29) is 5.70 Å². The minimum Gasteiger partial charge on any atom is -0.350 e. The molecule has 3 aromatic rings. The van der Waals surface area contributed by atoms with E-state index in [0.29, 0.717) is 26.3 Å². The molecule has 0 spiro atoms. The average molecular weight is 455 g/mol. The lowest BCUT2D eigenvalue weighted by Gasteiger charge is -2.15. The highest BCUT2D eigenvalue weighted by molar-refractivity contribution is 8.04. The Labute approximate surface area is 188 Å². The van der Waals surface area contributed by atoms with Gasteiger partial charge in [-0.1, -0.05) is 65.3 Å². The second-order valence-corrected chi connectivity index (χ2v) is 8.56. The van der Waals surface area contributed by atoms with Crippen LogP contribution in [0.3, 0.4) is 0 Å². The third-order valence-electron chi connectivity index (χ3n) is 4.51. The van der Waals surface area contributed by atoms with Crippen molar-refractivity contribution in [3.8, 4) is 0 Å². The van der Waals surface area contributed by atoms with Gasteiger partial charge in [0.1, 0.15) is 10.6 Å². The monoisotopic (exact) mass is 454 g/mol. The summed E-state index contributed by atoms with van der Waals surface area (Å²) in [6.45, 7) is 1.90. The Kier molecular flexibility index (Phi) is 5.86. The molecule has 2 amide bonds. The van der Waals surface area contributed by atoms with E-state index in [2.05, 4.69) is 5.32 Å². The van der Waals surface area contributed by atoms with Crippen LogP contribution in [0.5, 0.6) is 0 Å². The molecule has 0 radical (unpaired) electrons. The van der Waals surface area contributed by atoms with E-state index < -0.39 is 11.8 Å². The first-order valence-electron chi connectivity index (χ1n) is 9.09. The minimum atomic E-state index is -0.447. The van der Waals surface area contributed by atoms with E-state index in [1.54, 1.807) is 30.3 Å². The van der Waals surface area contributed by atoms with Gasteiger partial charge >= 0.3 is 0 Å². The molecule has 1 heterocycles. The molecule has 7 heteroatoms. The predicted octanol–water partition coefficient (Wildman–Crippen LogP) is 6.29. The fraction of sp³-hybridized carbons (Fsp3) is 0.0435. The van der Waals surface area contributed by atoms with Crippen LogP contribution in [0.1, 0.15) is 5.56 Å². The summed E-state index contributed by atoms with van der Waals surface area (Å²) in [6.07, 6.45) is 0. The van der Waals surface area contributed by atoms with Crippen LogP contribution in [-0.4, -0.2) is 11.8 Å². The van der Waals surface area contributed by atoms with E-state index in [1.807, 2.05) is 49.4 Å². The van der Waals surface area contributed by atoms with Crippen molar-refractivity contribution in [2.75, 3.05) is 10.2 Å². The fourth-order valence-corrected chi connectivity index (χ4v) is 4.30. The average Bonchev–Trinajstić information content (AvgIpc) is 2.95. The molecule has 0 bridgehead atoms. The molecule has 3 aromatic carbocycles. The number of nitrogens with one attached hydrogen (secondary N) is 1. The van der Waals surface area contributed by atoms with Crippen molar-refractivity contribution in [1.82, 2.24) is 0 Å². The van der Waals surface area contributed by atoms with Gasteiger partial charge in [-0.3, -0.25) is 9.59 Å². The van der Waals surface area contributed by atoms with Crippen molar-refractivity contribution >= 4 is 58.2 Å². The Hall–Kier alpha value is -2.73. The smallest absolute Gasteiger partial charge is 0.283 e. The molecule has 0 unspecified atom stereocenters. The summed E-state index contributed by atoms with van der Waals surface area (Å²) in [7, 11) is 0. The Bertz CT molecular complexity index is 1180. The van der Waals surface area contributed by atoms with Gasteiger partial charge in [-0.05, 0) is 55.0 Å². The summed E-state index contributed by atoms with van der Waals surface area (Å²) >= 11 is 13.6. The molecule has 1 aliphatic heterocycles. The Balaban J connectivity index is 1.76. The molecular weight excluding hydrogens is 439 g/mol. The van der Waals surface area contributed by atoms with Gasteiger partial charge in [0.25, 0.3) is 11.8 Å². The molecule has 0 aromatic heterocycles. The maximum absolute atomic E-state index is 13.3. The molecule has 1 N–H and O–H groups in total. The maximum Gasteiger partial charge on any atom is 0.283 e. The third kappa shape index (κ3) is 4.10. The van der Waals surface area contributed by atoms with Gasteiger partial charge in [-0.15, -0.1) is 0 Å². The number of halogens is 2. The second kappa shape index (κ2) is 8.56. The Morgan fingerprint density at radius 1 is 0.867 bits per heavy atom. The van der Waals surface area contributed by atoms with Gasteiger partial charge in [0.2, 0.25) is 0 Å². The van der Waals surface area contributed by atoms with Crippen molar-refractivity contribution in [3.63, 3.8) is 0 Å². The molecule has 1 aliphatic rings. The third-order valence-corrected chi connectivity index (χ3v) is 6.25. The van der Waals surface area contributed by atoms with E-state index in [9.17, 15) is 9.59 Å². The fourth-order valence-electron chi connectivity index (χ4n) is 2.99. The highest BCUT2D eigenvalue weighted by Gasteiger charge is 2.40. The SMILES string of the molecule is Cc1ccc(NC2=C(Sc3ccccc3)C(=O)N(c3cccc(Cl)c3)C2=O)cc1Cl. The van der Waals surface area contributed by atoms with E-state index >= 15 is 0 Å². The van der Waals surface area contributed by atoms with Crippen molar-refractivity contribution in [3.05, 3.63) is 99.0 Å². The summed E-state index contributed by atoms with van der Waals surface area (Å²) in [4.78, 5) is 28.8. The second-order valence-electron chi connectivity index (χ2n) is 6.63. The first-order valence-corrected chi connectivity index (χ1v) is 10.7. The predicted molar refractivity (Wildman–Crippen MR) is 123 cm³/mol. The zero-order valence-corrected chi connectivity index (χ0v) is 18.2. The topological polar surface area (TPSA) is 49.4 Å². The van der Waals surface area contributed by atoms with E-state index in [0.717, 1.165) is 15.4 Å². The lowest BCUT2D eigenvalue weighted by molar-refractivity contribution is -0.120. The summed E-state index contributed by atoms with van der Waals surface area (Å²) in [5.74, 6) is -0.853. The van der Waals surface area contributed by atoms with Gasteiger partial charge in [0.05, 0.1) is 5.69 Å². The minimum absolute atomic E-state index is 0.203. The highest BCUT2D eigenvalue weighted by atomic mass is 35.5. The zero-order chi connectivity index (χ0) is 21.3. The van der Waals surface area contributed by atoms with Gasteiger partial charge in [0, 0.05) is 20.6 Å². The number of imide groups is 1. The van der Waals surface area contributed by atoms with Crippen LogP contribution in [-0.2, 0) is 9.59 Å². The number of anilines is 2. The van der Waals surface area contributed by atoms with Crippen molar-refractivity contribution in [2.24, 2.45) is 0 Å². The number of thioether (sulfide) groups is 1. The van der Waals surface area contributed by atoms with Crippen molar-refractivity contribution in [2.45, 2.75) is 11.8 Å². The molecule has 0 fully saturated rings. The Morgan fingerprint density at radius 2 is 1.63 bits per heavy atom. The highest BCUT2D eigenvalue weighted by Crippen LogP contribution is 2.38. The van der Waals surface area contributed by atoms with Crippen LogP contribution < -0.4 is 10.2 Å². The van der Waals surface area contributed by atoms with Crippen LogP contribution in [0.25, 0.3) is 0 Å². The Morgan fingerprint density at radius 3 is 2.33 bits per heavy atom. The van der Waals surface area contributed by atoms with E-state index in [4.69, 9.17) is 23.2 Å². The number of hydrogen-bond donors (Lipinski definition) is 1. The number of nitrogens with zero attached hydrogens (tertiary/aromatic N) is 1. The number of hydrogen-bond acceptors (Lipinski definition) is 4. The molecule has 150 valence electrons. The number of carbonyl (C=O) groups is 2. The summed E-state index contributed by atoms with van der Waals surface area (Å²) in [5.41, 5.74) is 2.17. The van der Waals surface area contributed by atoms with Gasteiger partial charge in [0.15, 0.2) is 0 Å². The zero-order valence-electron chi connectivity index (χ0n) is 15.9. The standard InChI is InChI=1S/C23H16Cl2N2O2S/c1-14-10-11-16(13-19(14)25)26-20-21(30-18-8-3-2-4-9-18)23(29)27(22(20)28)17-7-5-6-15(24)12-17/h2-13,26H,1H3. The summed E-state index contributed by atoms with van der Waals surface area (Å²) in [6, 6.07) is 21.5. The number of benzene rings is 3. The van der Waals surface area contributed by atoms with Crippen LogP contribution in [0, 0.1) is 6.92 Å². The molecule has 0 atom stereocenters. The van der Waals surface area contributed by atoms with Gasteiger partial charge < -0.3 is 5.32 Å². The molecule has 0 aliphatic carbocycles. The molecular formula is C23H16Cl2N2O2S. The normalized spacial score (nSPS) is 13.9. The summed E-state index contributed by atoms with van der Waals surface area (Å²) in [5, 5.41) is 4.12. The van der Waals surface area contributed by atoms with E-state index in [1.165, 1.54) is 11.8 Å². The number of amides is 2. The molecule has 4 nitrogen and oxygen atoms in total. The molecule has 4 rings (SSSR count).